The van der Waals surface area contributed by atoms with E-state index in [0.29, 0.717) is 4.88 Å². The van der Waals surface area contributed by atoms with Gasteiger partial charge in [0.15, 0.2) is 6.20 Å². The molecule has 5 heteroatoms. The third-order valence-electron chi connectivity index (χ3n) is 0.783. The zero-order valence-electron chi connectivity index (χ0n) is 4.48. The molecule has 0 aliphatic rings. The first-order valence-corrected chi connectivity index (χ1v) is 3.09. The van der Waals surface area contributed by atoms with Crippen molar-refractivity contribution in [1.82, 2.24) is 4.98 Å². The number of nitrogens with zero attached hydrogens (tertiary/aromatic N) is 3. The Kier molecular flexibility index (Phi) is 1.72. The average Bonchev–Trinajstić information content (AvgIpc) is 2.34. The van der Waals surface area contributed by atoms with Crippen molar-refractivity contribution in [2.24, 2.45) is 0 Å². The molecule has 0 atom stereocenters. The van der Waals surface area contributed by atoms with E-state index in [1.54, 1.807) is 0 Å². The molecule has 0 aliphatic carbocycles. The predicted octanol–water partition coefficient (Wildman–Crippen LogP) is 1.12. The average molecular weight is 142 g/mol. The second-order valence-corrected chi connectivity index (χ2v) is 2.46. The van der Waals surface area contributed by atoms with Gasteiger partial charge in [0.1, 0.15) is 0 Å². The molecular weight excluding hydrogens is 138 g/mol. The third kappa shape index (κ3) is 1.22. The van der Waals surface area contributed by atoms with Crippen molar-refractivity contribution in [3.05, 3.63) is 16.0 Å². The van der Waals surface area contributed by atoms with Gasteiger partial charge in [0.05, 0.1) is 16.9 Å². The Morgan fingerprint density at radius 3 is 3.00 bits per heavy atom. The Balaban J connectivity index is 2.90. The lowest BCUT2D eigenvalue weighted by Gasteiger charge is -1.73. The van der Waals surface area contributed by atoms with Crippen molar-refractivity contribution in [1.29, 1.82) is 5.39 Å². The summed E-state index contributed by atoms with van der Waals surface area (Å²) in [6.07, 6.45) is 1.47. The molecule has 9 heavy (non-hydrogen) atoms. The van der Waals surface area contributed by atoms with Gasteiger partial charge in [-0.25, -0.2) is 0 Å². The van der Waals surface area contributed by atoms with E-state index < -0.39 is 0 Å². The molecular formula is C4H4N3OS+. The van der Waals surface area contributed by atoms with Crippen LogP contribution in [0.25, 0.3) is 4.98 Å². The highest BCUT2D eigenvalue weighted by Crippen LogP contribution is 2.19. The summed E-state index contributed by atoms with van der Waals surface area (Å²) in [6.45, 7) is -0.0484. The summed E-state index contributed by atoms with van der Waals surface area (Å²) in [4.78, 5) is 7.18. The zero-order chi connectivity index (χ0) is 6.69. The molecule has 0 saturated carbocycles. The normalized spacial score (nSPS) is 8.89. The Morgan fingerprint density at radius 1 is 1.89 bits per heavy atom. The van der Waals surface area contributed by atoms with Crippen LogP contribution in [0, 0.1) is 5.39 Å². The van der Waals surface area contributed by atoms with Gasteiger partial charge in [0.2, 0.25) is 0 Å². The Bertz CT molecular complexity index is 238. The van der Waals surface area contributed by atoms with E-state index in [9.17, 15) is 0 Å². The van der Waals surface area contributed by atoms with E-state index in [0.717, 1.165) is 11.3 Å². The van der Waals surface area contributed by atoms with Crippen LogP contribution in [0.3, 0.4) is 0 Å². The maximum absolute atomic E-state index is 8.49. The van der Waals surface area contributed by atoms with Crippen molar-refractivity contribution >= 4 is 16.5 Å². The van der Waals surface area contributed by atoms with Gasteiger partial charge in [0, 0.05) is 4.98 Å². The topological polar surface area (TPSA) is 61.3 Å². The SMILES string of the molecule is N#[N+]c1ncc(CO)s1. The molecule has 0 bridgehead atoms. The van der Waals surface area contributed by atoms with Crippen molar-refractivity contribution in [3.63, 3.8) is 0 Å². The van der Waals surface area contributed by atoms with Crippen molar-refractivity contribution in [2.45, 2.75) is 6.61 Å². The summed E-state index contributed by atoms with van der Waals surface area (Å²) in [6, 6.07) is 0. The molecule has 1 rings (SSSR count). The van der Waals surface area contributed by atoms with Crippen LogP contribution in [0.2, 0.25) is 0 Å². The fourth-order valence-corrected chi connectivity index (χ4v) is 0.967. The van der Waals surface area contributed by atoms with Crippen molar-refractivity contribution < 1.29 is 5.11 Å². The first kappa shape index (κ1) is 6.13. The number of hydrogen-bond donors (Lipinski definition) is 1. The fourth-order valence-electron chi connectivity index (χ4n) is 0.417. The van der Waals surface area contributed by atoms with Crippen LogP contribution < -0.4 is 0 Å². The van der Waals surface area contributed by atoms with Crippen LogP contribution in [-0.2, 0) is 6.61 Å². The summed E-state index contributed by atoms with van der Waals surface area (Å²) in [7, 11) is 0. The molecule has 0 amide bonds. The Morgan fingerprint density at radius 2 is 2.67 bits per heavy atom. The van der Waals surface area contributed by atoms with Gasteiger partial charge in [-0.3, -0.25) is 0 Å². The van der Waals surface area contributed by atoms with Crippen molar-refractivity contribution in [3.8, 4) is 0 Å². The lowest BCUT2D eigenvalue weighted by molar-refractivity contribution is 0.285. The number of thiazole rings is 1. The molecule has 46 valence electrons. The molecule has 0 fully saturated rings. The van der Waals surface area contributed by atoms with Crippen LogP contribution >= 0.6 is 11.3 Å². The predicted molar refractivity (Wildman–Crippen MR) is 32.8 cm³/mol. The molecule has 1 aromatic rings. The fraction of sp³-hybridized carbons (Fsp3) is 0.250. The van der Waals surface area contributed by atoms with E-state index >= 15 is 0 Å². The molecule has 1 aromatic heterocycles. The van der Waals surface area contributed by atoms with E-state index in [1.165, 1.54) is 6.20 Å². The minimum Gasteiger partial charge on any atom is -0.391 e. The van der Waals surface area contributed by atoms with Crippen LogP contribution in [0.1, 0.15) is 4.88 Å². The number of aliphatic hydroxyl groups excluding tert-OH is 1. The van der Waals surface area contributed by atoms with Crippen LogP contribution in [0.4, 0.5) is 5.13 Å². The molecule has 0 saturated heterocycles. The summed E-state index contributed by atoms with van der Waals surface area (Å²) >= 11 is 1.16. The highest BCUT2D eigenvalue weighted by atomic mass is 32.1. The zero-order valence-corrected chi connectivity index (χ0v) is 5.30. The standard InChI is InChI=1S/C4H4N3OS/c5-7-4-6-1-3(2-8)9-4/h1,8H,2H2/q+1. The van der Waals surface area contributed by atoms with Crippen LogP contribution in [-0.4, -0.2) is 10.1 Å². The first-order chi connectivity index (χ1) is 4.36. The largest absolute Gasteiger partial charge is 0.523 e. The molecule has 4 nitrogen and oxygen atoms in total. The minimum atomic E-state index is -0.0484. The molecule has 1 heterocycles. The molecule has 0 spiro atoms. The summed E-state index contributed by atoms with van der Waals surface area (Å²) < 4.78 is 0. The maximum Gasteiger partial charge on any atom is 0.523 e. The van der Waals surface area contributed by atoms with Gasteiger partial charge < -0.3 is 5.11 Å². The molecule has 0 unspecified atom stereocenters. The number of rotatable bonds is 1. The highest BCUT2D eigenvalue weighted by molar-refractivity contribution is 7.15. The quantitative estimate of drug-likeness (QED) is 0.597. The minimum absolute atomic E-state index is 0.0484. The molecule has 1 N–H and O–H groups in total. The van der Waals surface area contributed by atoms with Crippen LogP contribution in [0.5, 0.6) is 0 Å². The van der Waals surface area contributed by atoms with Gasteiger partial charge in [-0.2, -0.15) is 0 Å². The van der Waals surface area contributed by atoms with E-state index in [4.69, 9.17) is 10.5 Å². The van der Waals surface area contributed by atoms with E-state index in [1.807, 2.05) is 0 Å². The number of aromatic nitrogens is 1. The number of hydrogen-bond acceptors (Lipinski definition) is 4. The van der Waals surface area contributed by atoms with Gasteiger partial charge in [-0.05, 0) is 16.3 Å². The summed E-state index contributed by atoms with van der Waals surface area (Å²) in [5, 5.41) is 16.9. The second kappa shape index (κ2) is 2.53. The molecule has 0 aromatic carbocycles. The van der Waals surface area contributed by atoms with Gasteiger partial charge in [-0.1, -0.05) is 0 Å². The van der Waals surface area contributed by atoms with Crippen molar-refractivity contribution in [2.75, 3.05) is 0 Å². The Labute approximate surface area is 55.4 Å². The van der Waals surface area contributed by atoms with Crippen LogP contribution in [0.15, 0.2) is 6.20 Å². The lowest BCUT2D eigenvalue weighted by atomic mass is 10.6. The van der Waals surface area contributed by atoms with Gasteiger partial charge >= 0.3 is 5.13 Å². The van der Waals surface area contributed by atoms with E-state index in [2.05, 4.69) is 9.96 Å². The monoisotopic (exact) mass is 142 g/mol. The number of diazo groups is 1. The first-order valence-electron chi connectivity index (χ1n) is 2.27. The van der Waals surface area contributed by atoms with Gasteiger partial charge in [0.25, 0.3) is 0 Å². The summed E-state index contributed by atoms with van der Waals surface area (Å²) in [5.74, 6) is 0. The van der Waals surface area contributed by atoms with E-state index in [-0.39, 0.29) is 11.7 Å². The smallest absolute Gasteiger partial charge is 0.391 e. The summed E-state index contributed by atoms with van der Waals surface area (Å²) in [5.41, 5.74) is 0. The number of aliphatic hydroxyl groups is 1. The third-order valence-corrected chi connectivity index (χ3v) is 1.65. The maximum atomic E-state index is 8.49. The second-order valence-electron chi connectivity index (χ2n) is 1.37. The molecule has 0 aliphatic heterocycles. The highest BCUT2D eigenvalue weighted by Gasteiger charge is 2.09. The Hall–Kier alpha value is -0.990. The van der Waals surface area contributed by atoms with Gasteiger partial charge in [-0.15, -0.1) is 0 Å². The molecule has 0 radical (unpaired) electrons. The lowest BCUT2D eigenvalue weighted by Crippen LogP contribution is -1.70.